The summed E-state index contributed by atoms with van der Waals surface area (Å²) in [6, 6.07) is 5.55. The van der Waals surface area contributed by atoms with Crippen LogP contribution in [0.25, 0.3) is 0 Å². The van der Waals surface area contributed by atoms with E-state index in [1.165, 1.54) is 0 Å². The molecule has 0 bridgehead atoms. The number of halogens is 1. The quantitative estimate of drug-likeness (QED) is 0.683. The Morgan fingerprint density at radius 1 is 1.47 bits per heavy atom. The van der Waals surface area contributed by atoms with Gasteiger partial charge in [0.1, 0.15) is 5.15 Å². The van der Waals surface area contributed by atoms with Gasteiger partial charge in [-0.3, -0.25) is 0 Å². The number of imidazole rings is 1. The summed E-state index contributed by atoms with van der Waals surface area (Å²) in [4.78, 5) is 8.43. The van der Waals surface area contributed by atoms with Crippen molar-refractivity contribution in [3.05, 3.63) is 40.9 Å². The van der Waals surface area contributed by atoms with Crippen molar-refractivity contribution in [3.63, 3.8) is 0 Å². The molecule has 0 aliphatic heterocycles. The molecule has 4 nitrogen and oxygen atoms in total. The summed E-state index contributed by atoms with van der Waals surface area (Å²) in [6.07, 6.45) is 1.67. The molecule has 6 heteroatoms. The van der Waals surface area contributed by atoms with Crippen LogP contribution >= 0.6 is 23.4 Å². The molecule has 2 aromatic rings. The van der Waals surface area contributed by atoms with Crippen LogP contribution in [-0.2, 0) is 19.4 Å². The second-order valence-corrected chi connectivity index (χ2v) is 4.82. The van der Waals surface area contributed by atoms with Crippen LogP contribution in [0.15, 0.2) is 29.6 Å². The lowest BCUT2D eigenvalue weighted by atomic mass is 10.4. The summed E-state index contributed by atoms with van der Waals surface area (Å²) in [6.45, 7) is -0.000521. The second-order valence-electron chi connectivity index (χ2n) is 3.49. The monoisotopic (exact) mass is 269 g/mol. The first-order chi connectivity index (χ1) is 8.20. The average molecular weight is 270 g/mol. The van der Waals surface area contributed by atoms with Crippen molar-refractivity contribution < 1.29 is 5.11 Å². The molecular formula is C11H12ClN3OS. The highest BCUT2D eigenvalue weighted by Gasteiger charge is 2.06. The molecule has 0 saturated heterocycles. The number of hydrogen-bond acceptors (Lipinski definition) is 4. The maximum Gasteiger partial charge on any atom is 0.168 e. The molecule has 0 aliphatic carbocycles. The minimum absolute atomic E-state index is 0.000521. The highest BCUT2D eigenvalue weighted by molar-refractivity contribution is 7.98. The summed E-state index contributed by atoms with van der Waals surface area (Å²) < 4.78 is 1.87. The molecule has 0 atom stereocenters. The highest BCUT2D eigenvalue weighted by Crippen LogP contribution is 2.21. The Morgan fingerprint density at radius 2 is 2.29 bits per heavy atom. The number of aromatic nitrogens is 3. The molecular weight excluding hydrogens is 258 g/mol. The molecule has 0 spiro atoms. The van der Waals surface area contributed by atoms with Gasteiger partial charge in [0.05, 0.1) is 24.2 Å². The molecule has 2 rings (SSSR count). The Bertz CT molecular complexity index is 515. The lowest BCUT2D eigenvalue weighted by Gasteiger charge is -2.03. The molecule has 0 amide bonds. The summed E-state index contributed by atoms with van der Waals surface area (Å²) in [7, 11) is 1.88. The zero-order valence-electron chi connectivity index (χ0n) is 9.30. The molecule has 0 fully saturated rings. The van der Waals surface area contributed by atoms with Crippen molar-refractivity contribution in [1.29, 1.82) is 0 Å². The molecule has 2 heterocycles. The SMILES string of the molecule is Cn1c(CO)cnc1SCc1cccc(Cl)n1. The van der Waals surface area contributed by atoms with Gasteiger partial charge in [0.25, 0.3) is 0 Å². The van der Waals surface area contributed by atoms with Crippen LogP contribution in [0.3, 0.4) is 0 Å². The van der Waals surface area contributed by atoms with E-state index in [-0.39, 0.29) is 6.61 Å². The fraction of sp³-hybridized carbons (Fsp3) is 0.273. The number of aliphatic hydroxyl groups is 1. The smallest absolute Gasteiger partial charge is 0.168 e. The molecule has 17 heavy (non-hydrogen) atoms. The second kappa shape index (κ2) is 5.53. The number of hydrogen-bond donors (Lipinski definition) is 1. The molecule has 0 saturated carbocycles. The van der Waals surface area contributed by atoms with Crippen LogP contribution in [0.5, 0.6) is 0 Å². The van der Waals surface area contributed by atoms with Gasteiger partial charge in [0.2, 0.25) is 0 Å². The Labute approximate surface area is 109 Å². The van der Waals surface area contributed by atoms with Gasteiger partial charge in [-0.2, -0.15) is 0 Å². The fourth-order valence-corrected chi connectivity index (χ4v) is 2.43. The Kier molecular flexibility index (Phi) is 4.04. The maximum absolute atomic E-state index is 9.05. The third-order valence-electron chi connectivity index (χ3n) is 2.33. The summed E-state index contributed by atoms with van der Waals surface area (Å²) in [5, 5.41) is 10.4. The first-order valence-corrected chi connectivity index (χ1v) is 6.42. The number of thioether (sulfide) groups is 1. The van der Waals surface area contributed by atoms with Crippen molar-refractivity contribution >= 4 is 23.4 Å². The van der Waals surface area contributed by atoms with E-state index >= 15 is 0 Å². The molecule has 0 aromatic carbocycles. The van der Waals surface area contributed by atoms with Gasteiger partial charge >= 0.3 is 0 Å². The zero-order chi connectivity index (χ0) is 12.3. The van der Waals surface area contributed by atoms with Gasteiger partial charge in [0, 0.05) is 12.8 Å². The van der Waals surface area contributed by atoms with Crippen LogP contribution in [-0.4, -0.2) is 19.6 Å². The lowest BCUT2D eigenvalue weighted by Crippen LogP contribution is -1.97. The van der Waals surface area contributed by atoms with Crippen LogP contribution in [0, 0.1) is 0 Å². The van der Waals surface area contributed by atoms with E-state index in [0.717, 1.165) is 16.5 Å². The fourth-order valence-electron chi connectivity index (χ4n) is 1.38. The van der Waals surface area contributed by atoms with Gasteiger partial charge in [-0.1, -0.05) is 29.4 Å². The van der Waals surface area contributed by atoms with Crippen LogP contribution in [0.2, 0.25) is 5.15 Å². The van der Waals surface area contributed by atoms with Crippen LogP contribution in [0.4, 0.5) is 0 Å². The highest BCUT2D eigenvalue weighted by atomic mass is 35.5. The predicted octanol–water partition coefficient (Wildman–Crippen LogP) is 2.25. The van der Waals surface area contributed by atoms with E-state index in [0.29, 0.717) is 10.9 Å². The maximum atomic E-state index is 9.05. The minimum Gasteiger partial charge on any atom is -0.390 e. The topological polar surface area (TPSA) is 50.9 Å². The van der Waals surface area contributed by atoms with E-state index in [4.69, 9.17) is 16.7 Å². The Hall–Kier alpha value is -1.04. The normalized spacial score (nSPS) is 10.8. The Balaban J connectivity index is 2.05. The number of aliphatic hydroxyl groups excluding tert-OH is 1. The van der Waals surface area contributed by atoms with Crippen molar-refractivity contribution in [2.24, 2.45) is 7.05 Å². The molecule has 0 aliphatic rings. The van der Waals surface area contributed by atoms with Crippen molar-refractivity contribution in [2.45, 2.75) is 17.5 Å². The molecule has 0 unspecified atom stereocenters. The van der Waals surface area contributed by atoms with Gasteiger partial charge in [-0.25, -0.2) is 9.97 Å². The summed E-state index contributed by atoms with van der Waals surface area (Å²) in [5.41, 5.74) is 1.71. The largest absolute Gasteiger partial charge is 0.390 e. The summed E-state index contributed by atoms with van der Waals surface area (Å²) >= 11 is 7.37. The zero-order valence-corrected chi connectivity index (χ0v) is 10.9. The van der Waals surface area contributed by atoms with E-state index in [9.17, 15) is 0 Å². The third kappa shape index (κ3) is 3.00. The number of rotatable bonds is 4. The van der Waals surface area contributed by atoms with Gasteiger partial charge in [-0.05, 0) is 12.1 Å². The summed E-state index contributed by atoms with van der Waals surface area (Å²) in [5.74, 6) is 0.705. The van der Waals surface area contributed by atoms with E-state index in [1.54, 1.807) is 24.0 Å². The minimum atomic E-state index is -0.000521. The van der Waals surface area contributed by atoms with Gasteiger partial charge in [-0.15, -0.1) is 0 Å². The molecule has 1 N–H and O–H groups in total. The Morgan fingerprint density at radius 3 is 2.94 bits per heavy atom. The first-order valence-electron chi connectivity index (χ1n) is 5.06. The molecule has 90 valence electrons. The third-order valence-corrected chi connectivity index (χ3v) is 3.61. The van der Waals surface area contributed by atoms with Crippen molar-refractivity contribution in [3.8, 4) is 0 Å². The van der Waals surface area contributed by atoms with E-state index < -0.39 is 0 Å². The van der Waals surface area contributed by atoms with E-state index in [2.05, 4.69) is 9.97 Å². The van der Waals surface area contributed by atoms with E-state index in [1.807, 2.05) is 23.7 Å². The van der Waals surface area contributed by atoms with Crippen LogP contribution in [0.1, 0.15) is 11.4 Å². The standard InChI is InChI=1S/C11H12ClN3OS/c1-15-9(6-16)5-13-11(15)17-7-8-3-2-4-10(12)14-8/h2-5,16H,6-7H2,1H3. The van der Waals surface area contributed by atoms with Crippen LogP contribution < -0.4 is 0 Å². The number of pyridine rings is 1. The van der Waals surface area contributed by atoms with Gasteiger partial charge < -0.3 is 9.67 Å². The van der Waals surface area contributed by atoms with Gasteiger partial charge in [0.15, 0.2) is 5.16 Å². The predicted molar refractivity (Wildman–Crippen MR) is 67.9 cm³/mol. The first kappa shape index (κ1) is 12.4. The molecule has 0 radical (unpaired) electrons. The lowest BCUT2D eigenvalue weighted by molar-refractivity contribution is 0.271. The number of nitrogens with zero attached hydrogens (tertiary/aromatic N) is 3. The molecule has 2 aromatic heterocycles. The average Bonchev–Trinajstić information content (AvgIpc) is 2.67. The van der Waals surface area contributed by atoms with Crippen molar-refractivity contribution in [2.75, 3.05) is 0 Å². The van der Waals surface area contributed by atoms with Crippen molar-refractivity contribution in [1.82, 2.24) is 14.5 Å².